The summed E-state index contributed by atoms with van der Waals surface area (Å²) in [5, 5.41) is 7.72. The predicted octanol–water partition coefficient (Wildman–Crippen LogP) is 4.58. The lowest BCUT2D eigenvalue weighted by atomic mass is 10.1. The molecule has 2 aromatic rings. The smallest absolute Gasteiger partial charge is 0.337 e. The van der Waals surface area contributed by atoms with E-state index in [1.807, 2.05) is 19.1 Å². The number of halogens is 2. The second-order valence-corrected chi connectivity index (χ2v) is 6.32. The van der Waals surface area contributed by atoms with Gasteiger partial charge in [0.15, 0.2) is 5.11 Å². The Morgan fingerprint density at radius 1 is 1.21 bits per heavy atom. The zero-order valence-electron chi connectivity index (χ0n) is 13.2. The van der Waals surface area contributed by atoms with E-state index < -0.39 is 5.97 Å². The van der Waals surface area contributed by atoms with Gasteiger partial charge in [-0.25, -0.2) is 4.79 Å². The van der Waals surface area contributed by atoms with E-state index >= 15 is 0 Å². The summed E-state index contributed by atoms with van der Waals surface area (Å²) >= 11 is 17.3. The van der Waals surface area contributed by atoms with Crippen LogP contribution in [0.25, 0.3) is 0 Å². The van der Waals surface area contributed by atoms with Crippen LogP contribution in [0.5, 0.6) is 0 Å². The lowest BCUT2D eigenvalue weighted by Gasteiger charge is -2.14. The zero-order valence-corrected chi connectivity index (χ0v) is 15.5. The zero-order chi connectivity index (χ0) is 17.7. The molecule has 0 aliphatic heterocycles. The summed E-state index contributed by atoms with van der Waals surface area (Å²) in [6.07, 6.45) is 0. The average molecular weight is 383 g/mol. The number of thiocarbonyl (C=S) groups is 1. The maximum atomic E-state index is 11.6. The van der Waals surface area contributed by atoms with Crippen molar-refractivity contribution in [2.75, 3.05) is 12.4 Å². The molecule has 0 fully saturated rings. The third kappa shape index (κ3) is 4.84. The first-order valence-corrected chi connectivity index (χ1v) is 8.25. The van der Waals surface area contributed by atoms with Crippen LogP contribution in [-0.4, -0.2) is 18.2 Å². The van der Waals surface area contributed by atoms with Crippen LogP contribution in [0.4, 0.5) is 5.69 Å². The van der Waals surface area contributed by atoms with E-state index in [0.717, 1.165) is 16.8 Å². The third-order valence-corrected chi connectivity index (χ3v) is 4.19. The summed E-state index contributed by atoms with van der Waals surface area (Å²) < 4.78 is 4.72. The maximum absolute atomic E-state index is 11.6. The lowest BCUT2D eigenvalue weighted by molar-refractivity contribution is 0.0601. The van der Waals surface area contributed by atoms with Gasteiger partial charge in [-0.1, -0.05) is 35.3 Å². The Kier molecular flexibility index (Phi) is 6.43. The van der Waals surface area contributed by atoms with Gasteiger partial charge < -0.3 is 15.4 Å². The van der Waals surface area contributed by atoms with Gasteiger partial charge in [0.1, 0.15) is 0 Å². The second kappa shape index (κ2) is 8.33. The number of methoxy groups -OCH3 is 1. The van der Waals surface area contributed by atoms with Crippen LogP contribution in [0.1, 0.15) is 21.5 Å². The van der Waals surface area contributed by atoms with Crippen molar-refractivity contribution in [2.24, 2.45) is 0 Å². The van der Waals surface area contributed by atoms with Crippen molar-refractivity contribution < 1.29 is 9.53 Å². The molecular formula is C17H16Cl2N2O2S. The van der Waals surface area contributed by atoms with Crippen molar-refractivity contribution in [2.45, 2.75) is 13.5 Å². The summed E-state index contributed by atoms with van der Waals surface area (Å²) in [7, 11) is 1.34. The molecule has 0 atom stereocenters. The van der Waals surface area contributed by atoms with Crippen LogP contribution >= 0.6 is 35.4 Å². The largest absolute Gasteiger partial charge is 0.465 e. The van der Waals surface area contributed by atoms with Gasteiger partial charge in [0, 0.05) is 22.3 Å². The summed E-state index contributed by atoms with van der Waals surface area (Å²) in [5.74, 6) is -0.398. The Hall–Kier alpha value is -1.82. The van der Waals surface area contributed by atoms with Gasteiger partial charge in [0.2, 0.25) is 0 Å². The highest BCUT2D eigenvalue weighted by atomic mass is 35.5. The van der Waals surface area contributed by atoms with Crippen LogP contribution in [0.2, 0.25) is 10.0 Å². The number of hydrogen-bond acceptors (Lipinski definition) is 3. The van der Waals surface area contributed by atoms with Crippen molar-refractivity contribution in [1.82, 2.24) is 5.32 Å². The first-order valence-electron chi connectivity index (χ1n) is 7.08. The third-order valence-electron chi connectivity index (χ3n) is 3.36. The monoisotopic (exact) mass is 382 g/mol. The molecule has 0 spiro atoms. The van der Waals surface area contributed by atoms with E-state index in [-0.39, 0.29) is 0 Å². The lowest BCUT2D eigenvalue weighted by Crippen LogP contribution is -2.28. The number of rotatable bonds is 4. The molecular weight excluding hydrogens is 367 g/mol. The van der Waals surface area contributed by atoms with E-state index in [0.29, 0.717) is 27.3 Å². The van der Waals surface area contributed by atoms with Gasteiger partial charge in [-0.15, -0.1) is 0 Å². The van der Waals surface area contributed by atoms with Gasteiger partial charge in [-0.2, -0.15) is 0 Å². The number of anilines is 1. The first kappa shape index (κ1) is 18.5. The number of aryl methyl sites for hydroxylation is 1. The molecule has 126 valence electrons. The van der Waals surface area contributed by atoms with Crippen molar-refractivity contribution in [3.8, 4) is 0 Å². The normalized spacial score (nSPS) is 10.2. The Morgan fingerprint density at radius 3 is 2.62 bits per heavy atom. The fourth-order valence-electron chi connectivity index (χ4n) is 2.01. The van der Waals surface area contributed by atoms with Gasteiger partial charge >= 0.3 is 5.97 Å². The highest BCUT2D eigenvalue weighted by Crippen LogP contribution is 2.21. The van der Waals surface area contributed by atoms with E-state index in [2.05, 4.69) is 10.6 Å². The predicted molar refractivity (Wildman–Crippen MR) is 102 cm³/mol. The minimum atomic E-state index is -0.398. The van der Waals surface area contributed by atoms with Crippen LogP contribution in [0, 0.1) is 6.92 Å². The minimum Gasteiger partial charge on any atom is -0.465 e. The Bertz CT molecular complexity index is 781. The molecule has 0 unspecified atom stereocenters. The molecule has 2 aromatic carbocycles. The molecule has 0 amide bonds. The molecule has 2 N–H and O–H groups in total. The summed E-state index contributed by atoms with van der Waals surface area (Å²) in [4.78, 5) is 11.6. The topological polar surface area (TPSA) is 50.4 Å². The summed E-state index contributed by atoms with van der Waals surface area (Å²) in [5.41, 5.74) is 3.02. The molecule has 0 aromatic heterocycles. The molecule has 0 aliphatic carbocycles. The van der Waals surface area contributed by atoms with Crippen molar-refractivity contribution in [3.05, 3.63) is 63.1 Å². The number of hydrogen-bond donors (Lipinski definition) is 2. The molecule has 7 heteroatoms. The van der Waals surface area contributed by atoms with Gasteiger partial charge in [-0.3, -0.25) is 0 Å². The van der Waals surface area contributed by atoms with Crippen LogP contribution in [0.15, 0.2) is 36.4 Å². The maximum Gasteiger partial charge on any atom is 0.337 e. The fourth-order valence-corrected chi connectivity index (χ4v) is 2.67. The summed E-state index contributed by atoms with van der Waals surface area (Å²) in [6.45, 7) is 2.37. The second-order valence-electron chi connectivity index (χ2n) is 5.06. The molecule has 0 bridgehead atoms. The first-order chi connectivity index (χ1) is 11.4. The van der Waals surface area contributed by atoms with E-state index in [9.17, 15) is 4.79 Å². The van der Waals surface area contributed by atoms with Crippen molar-refractivity contribution in [1.29, 1.82) is 0 Å². The number of esters is 1. The van der Waals surface area contributed by atoms with Crippen LogP contribution in [-0.2, 0) is 11.3 Å². The minimum absolute atomic E-state index is 0.398. The quantitative estimate of drug-likeness (QED) is 0.598. The van der Waals surface area contributed by atoms with Crippen molar-refractivity contribution >= 4 is 52.2 Å². The molecule has 4 nitrogen and oxygen atoms in total. The molecule has 0 heterocycles. The molecule has 2 rings (SSSR count). The molecule has 0 aliphatic rings. The number of benzene rings is 2. The SMILES string of the molecule is COC(=O)c1ccc(C)c(NC(=S)NCc2ccc(Cl)cc2Cl)c1. The van der Waals surface area contributed by atoms with Crippen molar-refractivity contribution in [3.63, 3.8) is 0 Å². The number of carbonyl (C=O) groups excluding carboxylic acids is 1. The van der Waals surface area contributed by atoms with Crippen LogP contribution < -0.4 is 10.6 Å². The highest BCUT2D eigenvalue weighted by molar-refractivity contribution is 7.80. The van der Waals surface area contributed by atoms with E-state index in [4.69, 9.17) is 40.2 Å². The number of carbonyl (C=O) groups is 1. The van der Waals surface area contributed by atoms with Gasteiger partial charge in [0.05, 0.1) is 12.7 Å². The molecule has 0 saturated heterocycles. The Balaban J connectivity index is 2.03. The van der Waals surface area contributed by atoms with Crippen LogP contribution in [0.3, 0.4) is 0 Å². The number of nitrogens with one attached hydrogen (secondary N) is 2. The standard InChI is InChI=1S/C17H16Cl2N2O2S/c1-10-3-4-11(16(22)23-2)7-15(10)21-17(24)20-9-12-5-6-13(18)8-14(12)19/h3-8H,9H2,1-2H3,(H2,20,21,24). The Labute approximate surface area is 156 Å². The number of ether oxygens (including phenoxy) is 1. The molecule has 0 radical (unpaired) electrons. The Morgan fingerprint density at radius 2 is 1.96 bits per heavy atom. The highest BCUT2D eigenvalue weighted by Gasteiger charge is 2.09. The average Bonchev–Trinajstić information content (AvgIpc) is 2.55. The summed E-state index contributed by atoms with van der Waals surface area (Å²) in [6, 6.07) is 10.5. The van der Waals surface area contributed by atoms with Gasteiger partial charge in [-0.05, 0) is 54.5 Å². The van der Waals surface area contributed by atoms with E-state index in [1.165, 1.54) is 7.11 Å². The fraction of sp³-hybridized carbons (Fsp3) is 0.176. The molecule has 24 heavy (non-hydrogen) atoms. The van der Waals surface area contributed by atoms with Gasteiger partial charge in [0.25, 0.3) is 0 Å². The van der Waals surface area contributed by atoms with E-state index in [1.54, 1.807) is 24.3 Å². The molecule has 0 saturated carbocycles.